The van der Waals surface area contributed by atoms with E-state index in [4.69, 9.17) is 24.9 Å². The van der Waals surface area contributed by atoms with Gasteiger partial charge in [-0.2, -0.15) is 11.3 Å². The van der Waals surface area contributed by atoms with Gasteiger partial charge in [-0.1, -0.05) is 137 Å². The van der Waals surface area contributed by atoms with Gasteiger partial charge >= 0.3 is 0 Å². The van der Waals surface area contributed by atoms with Crippen LogP contribution in [0.2, 0.25) is 5.02 Å². The van der Waals surface area contributed by atoms with E-state index in [0.29, 0.717) is 0 Å². The van der Waals surface area contributed by atoms with Crippen LogP contribution in [0.15, 0.2) is 224 Å². The summed E-state index contributed by atoms with van der Waals surface area (Å²) in [6.07, 6.45) is 20.5. The van der Waals surface area contributed by atoms with Crippen molar-refractivity contribution >= 4 is 45.6 Å². The maximum Gasteiger partial charge on any atom is 0.103 e. The largest absolute Gasteiger partial charge is 0.472 e. The molecule has 9 aromatic heterocycles. The first-order chi connectivity index (χ1) is 50.6. The first-order valence-corrected chi connectivity index (χ1v) is 40.1. The van der Waals surface area contributed by atoms with Crippen molar-refractivity contribution in [2.24, 2.45) is 11.8 Å². The summed E-state index contributed by atoms with van der Waals surface area (Å²) >= 11 is 11.1. The zero-order valence-electron chi connectivity index (χ0n) is 70.7. The summed E-state index contributed by atoms with van der Waals surface area (Å²) in [4.78, 5) is 14.8. The summed E-state index contributed by atoms with van der Waals surface area (Å²) in [5.74, 6) is 4.06. The molecule has 1 saturated carbocycles. The van der Waals surface area contributed by atoms with E-state index in [2.05, 4.69) is 274 Å². The number of furan rings is 3. The molecule has 0 radical (unpaired) electrons. The Morgan fingerprint density at radius 2 is 0.713 bits per heavy atom. The molecule has 0 spiro atoms. The number of pyridine rings is 3. The Labute approximate surface area is 673 Å². The predicted molar refractivity (Wildman–Crippen MR) is 479 cm³/mol. The number of halogens is 1. The fraction of sp³-hybridized carbons (Fsp3) is 0.357. The van der Waals surface area contributed by atoms with Crippen molar-refractivity contribution in [2.45, 2.75) is 227 Å². The predicted octanol–water partition coefficient (Wildman–Crippen LogP) is 31.1. The maximum absolute atomic E-state index is 5.72. The second-order valence-electron chi connectivity index (χ2n) is 27.8. The molecular weight excluding hydrogens is 1400 g/mol. The van der Waals surface area contributed by atoms with Crippen LogP contribution in [-0.2, 0) is 0 Å². The second-order valence-corrected chi connectivity index (χ2v) is 31.2. The quantitative estimate of drug-likeness (QED) is 0.151. The lowest BCUT2D eigenvalue weighted by Gasteiger charge is -2.05. The summed E-state index contributed by atoms with van der Waals surface area (Å²) < 4.78 is 14.8. The van der Waals surface area contributed by atoms with Gasteiger partial charge in [-0.25, -0.2) is 0 Å². The van der Waals surface area contributed by atoms with Crippen LogP contribution in [0.5, 0.6) is 0 Å². The van der Waals surface area contributed by atoms with Crippen LogP contribution in [0.4, 0.5) is 0 Å². The maximum atomic E-state index is 5.72. The van der Waals surface area contributed by atoms with Gasteiger partial charge in [-0.15, -0.1) is 22.7 Å². The van der Waals surface area contributed by atoms with Crippen molar-refractivity contribution in [3.63, 3.8) is 0 Å². The third kappa shape index (κ3) is 44.8. The average Bonchev–Trinajstić information content (AvgIpc) is 1.61. The normalized spacial score (nSPS) is 11.4. The zero-order valence-corrected chi connectivity index (χ0v) is 73.9. The van der Waals surface area contributed by atoms with Crippen LogP contribution in [0.1, 0.15) is 190 Å². The first-order valence-electron chi connectivity index (χ1n) is 37.0. The summed E-state index contributed by atoms with van der Waals surface area (Å²) in [5.41, 5.74) is 30.1. The number of aromatic nitrogens is 3. The molecule has 4 aromatic carbocycles. The lowest BCUT2D eigenvalue weighted by molar-refractivity contribution is 0.457. The van der Waals surface area contributed by atoms with Crippen molar-refractivity contribution < 1.29 is 13.3 Å². The molecule has 0 bridgehead atoms. The molecule has 10 heteroatoms. The molecule has 1 fully saturated rings. The first kappa shape index (κ1) is 99.6. The Morgan fingerprint density at radius 3 is 0.898 bits per heavy atom. The highest BCUT2D eigenvalue weighted by Gasteiger charge is 2.17. The molecule has 0 amide bonds. The molecule has 0 unspecified atom stereocenters. The Hall–Kier alpha value is -8.44. The summed E-state index contributed by atoms with van der Waals surface area (Å²) in [7, 11) is 0. The smallest absolute Gasteiger partial charge is 0.103 e. The van der Waals surface area contributed by atoms with Gasteiger partial charge in [0.25, 0.3) is 0 Å². The van der Waals surface area contributed by atoms with Crippen LogP contribution < -0.4 is 0 Å². The fourth-order valence-electron chi connectivity index (χ4n) is 8.54. The van der Waals surface area contributed by atoms with Crippen LogP contribution in [0.3, 0.4) is 0 Å². The number of benzene rings is 4. The van der Waals surface area contributed by atoms with Crippen molar-refractivity contribution in [3.05, 3.63) is 365 Å². The molecule has 0 aliphatic heterocycles. The highest BCUT2D eigenvalue weighted by atomic mass is 35.5. The second kappa shape index (κ2) is 56.8. The number of rotatable bonds is 0. The molecule has 9 heterocycles. The summed E-state index contributed by atoms with van der Waals surface area (Å²) in [6.45, 7) is 60.9. The molecular formula is C98H134ClN3O3S3. The molecule has 2 atom stereocenters. The Balaban J connectivity index is 0.00000114. The van der Waals surface area contributed by atoms with Crippen LogP contribution >= 0.6 is 45.6 Å². The molecule has 1 aliphatic rings. The minimum absolute atomic E-state index is 0. The number of hydrogen-bond acceptors (Lipinski definition) is 9. The lowest BCUT2D eigenvalue weighted by Crippen LogP contribution is -1.95. The third-order valence-corrected chi connectivity index (χ3v) is 22.0. The van der Waals surface area contributed by atoms with E-state index in [1.807, 2.05) is 128 Å². The van der Waals surface area contributed by atoms with E-state index in [1.165, 1.54) is 151 Å². The molecule has 0 N–H and O–H groups in total. The number of aryl methyl sites for hydroxylation is 27. The van der Waals surface area contributed by atoms with Gasteiger partial charge in [-0.3, -0.25) is 15.0 Å². The van der Waals surface area contributed by atoms with E-state index < -0.39 is 0 Å². The van der Waals surface area contributed by atoms with E-state index in [0.717, 1.165) is 34.1 Å². The van der Waals surface area contributed by atoms with E-state index in [9.17, 15) is 0 Å². The topological polar surface area (TPSA) is 78.1 Å². The van der Waals surface area contributed by atoms with Crippen LogP contribution in [-0.4, -0.2) is 15.0 Å². The standard InChI is InChI=1S/C9H12.C8H9Cl.2C8H10.3C7H9N.C7H14.3C6H8O.3C6H8S.CH4/c1-7-4-5-8(2)9(3)6-7;1-6-3-4-8(9)5-7(6)2;2*1-7-5-3-4-6-8(7)2;2*1-6-3-4-8-5-7(6)2;1-6-4-3-5-8-7(6)2;1-6-4-3-5-7(6)2;1-5-3-7-4-6(5)2;2*1-5-3-4-7-6(5)2;1-5-3-7-4-6(5)2;2*1-5-3-4-7-6(5)2;/h4-6H,1-3H3;3-5H,1-2H3;2*3-6H,1-2H3;3*3-5H,1-2H3;6-7H,3-5H2,1-2H3;6*3-4H,1-2H3;1H4/t;;;;;;;6-,7+;;;;;;;. The monoisotopic (exact) mass is 1530 g/mol. The lowest BCUT2D eigenvalue weighted by atomic mass is 10.0. The van der Waals surface area contributed by atoms with Gasteiger partial charge < -0.3 is 13.3 Å². The number of hydrogen-bond donors (Lipinski definition) is 0. The summed E-state index contributed by atoms with van der Waals surface area (Å²) in [6, 6.07) is 45.3. The SMILES string of the molecule is C.C[C@@H]1CCC[C@@H]1C.Cc1ccc(C)c(C)c1.Cc1ccc(Cl)cc1C.Cc1ccccc1C.Cc1ccccc1C.Cc1cccnc1C.Cc1ccncc1C.Cc1ccncc1C.Cc1ccoc1C.Cc1ccoc1C.Cc1ccsc1C.Cc1ccsc1C.Cc1cocc1C.Cc1cscc1C. The molecule has 584 valence electrons. The summed E-state index contributed by atoms with van der Waals surface area (Å²) in [5, 5.41) is 9.37. The molecule has 0 saturated heterocycles. The minimum atomic E-state index is 0. The molecule has 6 nitrogen and oxygen atoms in total. The van der Waals surface area contributed by atoms with Gasteiger partial charge in [0.15, 0.2) is 0 Å². The molecule has 13 aromatic rings. The van der Waals surface area contributed by atoms with E-state index in [-0.39, 0.29) is 7.43 Å². The van der Waals surface area contributed by atoms with Gasteiger partial charge in [0.05, 0.1) is 25.1 Å². The highest BCUT2D eigenvalue weighted by Crippen LogP contribution is 2.30. The van der Waals surface area contributed by atoms with Crippen molar-refractivity contribution in [2.75, 3.05) is 0 Å². The van der Waals surface area contributed by atoms with Crippen LogP contribution in [0, 0.1) is 199 Å². The fourth-order valence-corrected chi connectivity index (χ4v) is 11.1. The van der Waals surface area contributed by atoms with Gasteiger partial charge in [0.1, 0.15) is 11.5 Å². The van der Waals surface area contributed by atoms with Gasteiger partial charge in [0.2, 0.25) is 0 Å². The molecule has 108 heavy (non-hydrogen) atoms. The Bertz CT molecular complexity index is 3650. The average molecular weight is 1530 g/mol. The molecule has 1 aliphatic carbocycles. The number of nitrogens with zero attached hydrogens (tertiary/aromatic N) is 3. The van der Waals surface area contributed by atoms with Crippen molar-refractivity contribution in [1.82, 2.24) is 15.0 Å². The van der Waals surface area contributed by atoms with Crippen molar-refractivity contribution in [1.29, 1.82) is 0 Å². The Kier molecular flexibility index (Phi) is 52.3. The van der Waals surface area contributed by atoms with E-state index in [1.54, 1.807) is 59.1 Å². The number of thiophene rings is 3. The molecule has 14 rings (SSSR count). The van der Waals surface area contributed by atoms with E-state index >= 15 is 0 Å². The van der Waals surface area contributed by atoms with Crippen molar-refractivity contribution in [3.8, 4) is 0 Å². The van der Waals surface area contributed by atoms with Gasteiger partial charge in [0, 0.05) is 51.5 Å². The van der Waals surface area contributed by atoms with Gasteiger partial charge in [-0.05, 0) is 392 Å². The third-order valence-electron chi connectivity index (χ3n) is 18.8. The highest BCUT2D eigenvalue weighted by molar-refractivity contribution is 7.10. The minimum Gasteiger partial charge on any atom is -0.472 e. The zero-order chi connectivity index (χ0) is 80.6. The Morgan fingerprint density at radius 1 is 0.343 bits per heavy atom. The van der Waals surface area contributed by atoms with Crippen LogP contribution in [0.25, 0.3) is 0 Å².